The van der Waals surface area contributed by atoms with Gasteiger partial charge in [0.05, 0.1) is 0 Å². The molecule has 1 aliphatic rings. The maximum atomic E-state index is 11.0. The molecule has 17 heavy (non-hydrogen) atoms. The van der Waals surface area contributed by atoms with Gasteiger partial charge in [-0.2, -0.15) is 0 Å². The lowest BCUT2D eigenvalue weighted by molar-refractivity contribution is 0.0683. The minimum Gasteiger partial charge on any atom is -0.476 e. The average Bonchev–Trinajstić information content (AvgIpc) is 2.52. The summed E-state index contributed by atoms with van der Waals surface area (Å²) in [6.45, 7) is 4.47. The molecule has 0 atom stereocenters. The smallest absolute Gasteiger partial charge is 0.358 e. The standard InChI is InChI=1S/C12H18N2O3/c1-9-10(11(12(15)16)13-17-9)8-14-6-4-2-3-5-7-14/h2-8H2,1H3,(H,15,16). The summed E-state index contributed by atoms with van der Waals surface area (Å²) in [7, 11) is 0. The first-order chi connectivity index (χ1) is 8.18. The Morgan fingerprint density at radius 1 is 1.35 bits per heavy atom. The average molecular weight is 238 g/mol. The minimum atomic E-state index is -1.01. The molecule has 2 heterocycles. The lowest BCUT2D eigenvalue weighted by atomic mass is 10.1. The third-order valence-corrected chi connectivity index (χ3v) is 3.27. The predicted octanol–water partition coefficient (Wildman–Crippen LogP) is 2.06. The first-order valence-corrected chi connectivity index (χ1v) is 6.09. The number of aromatic nitrogens is 1. The van der Waals surface area contributed by atoms with E-state index in [9.17, 15) is 4.79 Å². The lowest BCUT2D eigenvalue weighted by Crippen LogP contribution is -2.25. The van der Waals surface area contributed by atoms with Gasteiger partial charge in [0.2, 0.25) is 0 Å². The van der Waals surface area contributed by atoms with Crippen LogP contribution in [0.1, 0.15) is 47.5 Å². The van der Waals surface area contributed by atoms with Gasteiger partial charge in [0.25, 0.3) is 0 Å². The Labute approximate surface area is 100 Å². The van der Waals surface area contributed by atoms with Crippen molar-refractivity contribution in [1.29, 1.82) is 0 Å². The summed E-state index contributed by atoms with van der Waals surface area (Å²) in [5.41, 5.74) is 0.783. The topological polar surface area (TPSA) is 66.6 Å². The summed E-state index contributed by atoms with van der Waals surface area (Å²) < 4.78 is 4.97. The summed E-state index contributed by atoms with van der Waals surface area (Å²) >= 11 is 0. The minimum absolute atomic E-state index is 0.0618. The molecule has 0 unspecified atom stereocenters. The van der Waals surface area contributed by atoms with Crippen LogP contribution in [0, 0.1) is 6.92 Å². The zero-order valence-electron chi connectivity index (χ0n) is 10.1. The number of nitrogens with zero attached hydrogens (tertiary/aromatic N) is 2. The second-order valence-corrected chi connectivity index (χ2v) is 4.56. The van der Waals surface area contributed by atoms with Crippen molar-refractivity contribution < 1.29 is 14.4 Å². The van der Waals surface area contributed by atoms with Gasteiger partial charge in [-0.3, -0.25) is 4.90 Å². The van der Waals surface area contributed by atoms with Crippen molar-refractivity contribution in [2.45, 2.75) is 39.2 Å². The van der Waals surface area contributed by atoms with E-state index < -0.39 is 5.97 Å². The summed E-state index contributed by atoms with van der Waals surface area (Å²) in [6.07, 6.45) is 4.91. The first-order valence-electron chi connectivity index (χ1n) is 6.09. The number of carbonyl (C=O) groups is 1. The molecule has 0 aromatic carbocycles. The fourth-order valence-corrected chi connectivity index (χ4v) is 2.26. The van der Waals surface area contributed by atoms with E-state index in [1.165, 1.54) is 25.7 Å². The Kier molecular flexibility index (Phi) is 3.78. The predicted molar refractivity (Wildman–Crippen MR) is 61.9 cm³/mol. The first kappa shape index (κ1) is 12.1. The third-order valence-electron chi connectivity index (χ3n) is 3.27. The van der Waals surface area contributed by atoms with Gasteiger partial charge < -0.3 is 9.63 Å². The van der Waals surface area contributed by atoms with E-state index >= 15 is 0 Å². The molecule has 0 aliphatic carbocycles. The summed E-state index contributed by atoms with van der Waals surface area (Å²) in [6, 6.07) is 0. The second kappa shape index (κ2) is 5.31. The Morgan fingerprint density at radius 3 is 2.59 bits per heavy atom. The second-order valence-electron chi connectivity index (χ2n) is 4.56. The van der Waals surface area contributed by atoms with Crippen LogP contribution in [0.25, 0.3) is 0 Å². The van der Waals surface area contributed by atoms with E-state index in [0.717, 1.165) is 18.7 Å². The van der Waals surface area contributed by atoms with Gasteiger partial charge in [-0.25, -0.2) is 4.79 Å². The van der Waals surface area contributed by atoms with Gasteiger partial charge in [-0.15, -0.1) is 0 Å². The van der Waals surface area contributed by atoms with Crippen LogP contribution in [0.15, 0.2) is 4.52 Å². The van der Waals surface area contributed by atoms with Gasteiger partial charge in [-0.05, 0) is 32.9 Å². The highest BCUT2D eigenvalue weighted by Crippen LogP contribution is 2.18. The molecule has 0 radical (unpaired) electrons. The number of rotatable bonds is 3. The fourth-order valence-electron chi connectivity index (χ4n) is 2.26. The maximum Gasteiger partial charge on any atom is 0.358 e. The van der Waals surface area contributed by atoms with Crippen LogP contribution in [-0.4, -0.2) is 34.2 Å². The third kappa shape index (κ3) is 2.85. The van der Waals surface area contributed by atoms with Crippen LogP contribution < -0.4 is 0 Å². The molecule has 0 amide bonds. The number of aromatic carboxylic acids is 1. The Hall–Kier alpha value is -1.36. The van der Waals surface area contributed by atoms with E-state index in [1.807, 2.05) is 0 Å². The van der Waals surface area contributed by atoms with Gasteiger partial charge in [0, 0.05) is 12.1 Å². The highest BCUT2D eigenvalue weighted by molar-refractivity contribution is 5.87. The molecule has 0 spiro atoms. The number of likely N-dealkylation sites (tertiary alicyclic amines) is 1. The molecule has 1 N–H and O–H groups in total. The van der Waals surface area contributed by atoms with Crippen molar-refractivity contribution in [1.82, 2.24) is 10.1 Å². The Morgan fingerprint density at radius 2 is 2.00 bits per heavy atom. The molecule has 5 nitrogen and oxygen atoms in total. The quantitative estimate of drug-likeness (QED) is 0.873. The monoisotopic (exact) mass is 238 g/mol. The molecule has 1 aromatic heterocycles. The Bertz CT molecular complexity index is 392. The molecule has 2 rings (SSSR count). The largest absolute Gasteiger partial charge is 0.476 e. The molecular formula is C12H18N2O3. The highest BCUT2D eigenvalue weighted by Gasteiger charge is 2.21. The Balaban J connectivity index is 2.11. The molecular weight excluding hydrogens is 220 g/mol. The molecule has 1 aromatic rings. The van der Waals surface area contributed by atoms with Crippen molar-refractivity contribution in [2.75, 3.05) is 13.1 Å². The fraction of sp³-hybridized carbons (Fsp3) is 0.667. The van der Waals surface area contributed by atoms with Crippen molar-refractivity contribution in [3.05, 3.63) is 17.0 Å². The normalized spacial score (nSPS) is 17.9. The number of carboxylic acid groups (broad SMARTS) is 1. The van der Waals surface area contributed by atoms with Crippen LogP contribution >= 0.6 is 0 Å². The van der Waals surface area contributed by atoms with Gasteiger partial charge in [-0.1, -0.05) is 18.0 Å². The summed E-state index contributed by atoms with van der Waals surface area (Å²) in [5, 5.41) is 12.6. The van der Waals surface area contributed by atoms with Crippen molar-refractivity contribution >= 4 is 5.97 Å². The number of aryl methyl sites for hydroxylation is 1. The zero-order valence-corrected chi connectivity index (χ0v) is 10.1. The number of hydrogen-bond donors (Lipinski definition) is 1. The van der Waals surface area contributed by atoms with E-state index in [1.54, 1.807) is 6.92 Å². The van der Waals surface area contributed by atoms with Crippen molar-refractivity contribution in [3.8, 4) is 0 Å². The molecule has 1 saturated heterocycles. The van der Waals surface area contributed by atoms with E-state index in [0.29, 0.717) is 12.3 Å². The molecule has 1 fully saturated rings. The van der Waals surface area contributed by atoms with Crippen molar-refractivity contribution in [2.24, 2.45) is 0 Å². The highest BCUT2D eigenvalue weighted by atomic mass is 16.5. The van der Waals surface area contributed by atoms with E-state index in [2.05, 4.69) is 10.1 Å². The van der Waals surface area contributed by atoms with Crippen LogP contribution in [0.5, 0.6) is 0 Å². The van der Waals surface area contributed by atoms with Gasteiger partial charge >= 0.3 is 5.97 Å². The van der Waals surface area contributed by atoms with E-state index in [4.69, 9.17) is 9.63 Å². The van der Waals surface area contributed by atoms with E-state index in [-0.39, 0.29) is 5.69 Å². The van der Waals surface area contributed by atoms with Gasteiger partial charge in [0.1, 0.15) is 5.76 Å². The maximum absolute atomic E-state index is 11.0. The van der Waals surface area contributed by atoms with Gasteiger partial charge in [0.15, 0.2) is 5.69 Å². The molecule has 94 valence electrons. The van der Waals surface area contributed by atoms with Crippen LogP contribution in [0.2, 0.25) is 0 Å². The molecule has 5 heteroatoms. The SMILES string of the molecule is Cc1onc(C(=O)O)c1CN1CCCCCC1. The van der Waals surface area contributed by atoms with Crippen LogP contribution in [-0.2, 0) is 6.54 Å². The summed E-state index contributed by atoms with van der Waals surface area (Å²) in [4.78, 5) is 13.3. The number of hydrogen-bond acceptors (Lipinski definition) is 4. The summed E-state index contributed by atoms with van der Waals surface area (Å²) in [5.74, 6) is -0.390. The van der Waals surface area contributed by atoms with Crippen LogP contribution in [0.4, 0.5) is 0 Å². The van der Waals surface area contributed by atoms with Crippen LogP contribution in [0.3, 0.4) is 0 Å². The molecule has 0 bridgehead atoms. The zero-order chi connectivity index (χ0) is 12.3. The number of carboxylic acids is 1. The molecule has 0 saturated carbocycles. The molecule has 1 aliphatic heterocycles. The van der Waals surface area contributed by atoms with Crippen molar-refractivity contribution in [3.63, 3.8) is 0 Å². The lowest BCUT2D eigenvalue weighted by Gasteiger charge is -2.19.